The predicted octanol–water partition coefficient (Wildman–Crippen LogP) is 0.587. The third kappa shape index (κ3) is 5.27. The Balaban J connectivity index is 1.58. The number of carbonyl (C=O) groups excluding carboxylic acids is 1. The summed E-state index contributed by atoms with van der Waals surface area (Å²) in [6.45, 7) is 2.58. The van der Waals surface area contributed by atoms with Crippen LogP contribution in [0.5, 0.6) is 0 Å². The van der Waals surface area contributed by atoms with Crippen molar-refractivity contribution < 1.29 is 9.90 Å². The van der Waals surface area contributed by atoms with Crippen molar-refractivity contribution >= 4 is 5.91 Å². The van der Waals surface area contributed by atoms with Gasteiger partial charge in [0.25, 0.3) is 0 Å². The second-order valence-corrected chi connectivity index (χ2v) is 5.31. The molecule has 0 aliphatic carbocycles. The van der Waals surface area contributed by atoms with Gasteiger partial charge in [0.2, 0.25) is 5.91 Å². The van der Waals surface area contributed by atoms with Crippen LogP contribution in [-0.2, 0) is 11.2 Å². The van der Waals surface area contributed by atoms with Crippen molar-refractivity contribution in [1.29, 1.82) is 0 Å². The van der Waals surface area contributed by atoms with E-state index >= 15 is 0 Å². The molecular formula is C15H23N3O2. The van der Waals surface area contributed by atoms with Crippen LogP contribution in [0.15, 0.2) is 24.4 Å². The van der Waals surface area contributed by atoms with Gasteiger partial charge in [0.15, 0.2) is 0 Å². The lowest BCUT2D eigenvalue weighted by molar-refractivity contribution is -0.122. The number of nitrogens with zero attached hydrogens (tertiary/aromatic N) is 2. The van der Waals surface area contributed by atoms with Crippen LogP contribution in [0.3, 0.4) is 0 Å². The molecule has 1 fully saturated rings. The Bertz CT molecular complexity index is 411. The predicted molar refractivity (Wildman–Crippen MR) is 77.2 cm³/mol. The average molecular weight is 277 g/mol. The first kappa shape index (κ1) is 14.9. The monoisotopic (exact) mass is 277 g/mol. The number of β-amino-alcohol motifs (C(OH)–C–C–N with tert-alkyl or cyclic N) is 1. The van der Waals surface area contributed by atoms with Gasteiger partial charge in [-0.25, -0.2) is 0 Å². The molecule has 0 radical (unpaired) electrons. The fourth-order valence-electron chi connectivity index (χ4n) is 2.48. The third-order valence-electron chi connectivity index (χ3n) is 3.51. The molecule has 5 nitrogen and oxygen atoms in total. The minimum absolute atomic E-state index is 0.0418. The number of pyridine rings is 1. The van der Waals surface area contributed by atoms with E-state index in [1.165, 1.54) is 0 Å². The van der Waals surface area contributed by atoms with Gasteiger partial charge in [0, 0.05) is 25.0 Å². The Hall–Kier alpha value is -1.46. The standard InChI is InChI=1S/C15H23N3O2/c19-14-7-4-10-18(11-14)12-15(20)17-9-3-6-13-5-1-2-8-16-13/h1-2,5,8,14,19H,3-4,6-7,9-12H2,(H,17,20)/t14-/m0/s1. The van der Waals surface area contributed by atoms with Crippen molar-refractivity contribution in [1.82, 2.24) is 15.2 Å². The summed E-state index contributed by atoms with van der Waals surface area (Å²) in [6, 6.07) is 5.87. The van der Waals surface area contributed by atoms with E-state index in [4.69, 9.17) is 0 Å². The normalized spacial score (nSPS) is 19.8. The molecule has 0 unspecified atom stereocenters. The number of aliphatic hydroxyl groups excluding tert-OH is 1. The summed E-state index contributed by atoms with van der Waals surface area (Å²) >= 11 is 0. The molecule has 20 heavy (non-hydrogen) atoms. The number of rotatable bonds is 6. The maximum absolute atomic E-state index is 11.8. The molecule has 1 aliphatic rings. The van der Waals surface area contributed by atoms with Crippen LogP contribution in [0.25, 0.3) is 0 Å². The Morgan fingerprint density at radius 1 is 1.50 bits per heavy atom. The molecule has 1 aromatic heterocycles. The number of nitrogens with one attached hydrogen (secondary N) is 1. The van der Waals surface area contributed by atoms with Gasteiger partial charge in [-0.1, -0.05) is 6.07 Å². The number of aromatic nitrogens is 1. The van der Waals surface area contributed by atoms with Crippen LogP contribution < -0.4 is 5.32 Å². The molecule has 0 spiro atoms. The lowest BCUT2D eigenvalue weighted by Crippen LogP contribution is -2.44. The fraction of sp³-hybridized carbons (Fsp3) is 0.600. The largest absolute Gasteiger partial charge is 0.392 e. The minimum atomic E-state index is -0.277. The quantitative estimate of drug-likeness (QED) is 0.747. The lowest BCUT2D eigenvalue weighted by atomic mass is 10.1. The van der Waals surface area contributed by atoms with Crippen molar-refractivity contribution in [2.75, 3.05) is 26.2 Å². The number of piperidine rings is 1. The topological polar surface area (TPSA) is 65.5 Å². The first-order valence-corrected chi connectivity index (χ1v) is 7.31. The fourth-order valence-corrected chi connectivity index (χ4v) is 2.48. The Morgan fingerprint density at radius 3 is 3.15 bits per heavy atom. The molecule has 110 valence electrons. The van der Waals surface area contributed by atoms with Crippen LogP contribution in [0.4, 0.5) is 0 Å². The molecule has 2 rings (SSSR count). The molecule has 0 saturated carbocycles. The number of carbonyl (C=O) groups is 1. The second kappa shape index (κ2) is 7.97. The number of likely N-dealkylation sites (tertiary alicyclic amines) is 1. The summed E-state index contributed by atoms with van der Waals surface area (Å²) in [5, 5.41) is 12.5. The van der Waals surface area contributed by atoms with Gasteiger partial charge < -0.3 is 10.4 Å². The van der Waals surface area contributed by atoms with Crippen molar-refractivity contribution in [3.8, 4) is 0 Å². The van der Waals surface area contributed by atoms with Crippen molar-refractivity contribution in [3.63, 3.8) is 0 Å². The Morgan fingerprint density at radius 2 is 2.40 bits per heavy atom. The van der Waals surface area contributed by atoms with E-state index in [0.29, 0.717) is 19.6 Å². The highest BCUT2D eigenvalue weighted by Gasteiger charge is 2.19. The first-order chi connectivity index (χ1) is 9.74. The van der Waals surface area contributed by atoms with E-state index in [9.17, 15) is 9.90 Å². The molecule has 1 aliphatic heterocycles. The van der Waals surface area contributed by atoms with Crippen molar-refractivity contribution in [2.24, 2.45) is 0 Å². The molecule has 5 heteroatoms. The number of aliphatic hydroxyl groups is 1. The molecule has 1 amide bonds. The van der Waals surface area contributed by atoms with Gasteiger partial charge in [-0.2, -0.15) is 0 Å². The van der Waals surface area contributed by atoms with Crippen molar-refractivity contribution in [2.45, 2.75) is 31.8 Å². The molecular weight excluding hydrogens is 254 g/mol. The third-order valence-corrected chi connectivity index (χ3v) is 3.51. The molecule has 1 aromatic rings. The molecule has 0 bridgehead atoms. The maximum atomic E-state index is 11.8. The minimum Gasteiger partial charge on any atom is -0.392 e. The van der Waals surface area contributed by atoms with Gasteiger partial charge in [0.05, 0.1) is 12.6 Å². The Labute approximate surface area is 120 Å². The van der Waals surface area contributed by atoms with Gasteiger partial charge in [-0.15, -0.1) is 0 Å². The second-order valence-electron chi connectivity index (χ2n) is 5.31. The van der Waals surface area contributed by atoms with Gasteiger partial charge in [-0.05, 0) is 44.4 Å². The summed E-state index contributed by atoms with van der Waals surface area (Å²) in [5.74, 6) is 0.0418. The lowest BCUT2D eigenvalue weighted by Gasteiger charge is -2.29. The van der Waals surface area contributed by atoms with Crippen LogP contribution >= 0.6 is 0 Å². The van der Waals surface area contributed by atoms with Crippen LogP contribution in [-0.4, -0.2) is 53.2 Å². The molecule has 0 aromatic carbocycles. The number of aryl methyl sites for hydroxylation is 1. The number of hydrogen-bond acceptors (Lipinski definition) is 4. The van der Waals surface area contributed by atoms with E-state index in [1.807, 2.05) is 23.1 Å². The number of amides is 1. The summed E-state index contributed by atoms with van der Waals surface area (Å²) in [5.41, 5.74) is 1.06. The SMILES string of the molecule is O=C(CN1CCC[C@H](O)C1)NCCCc1ccccn1. The zero-order valence-electron chi connectivity index (χ0n) is 11.8. The number of hydrogen-bond donors (Lipinski definition) is 2. The first-order valence-electron chi connectivity index (χ1n) is 7.31. The van der Waals surface area contributed by atoms with E-state index < -0.39 is 0 Å². The zero-order chi connectivity index (χ0) is 14.2. The molecule has 2 N–H and O–H groups in total. The van der Waals surface area contributed by atoms with Gasteiger partial charge in [-0.3, -0.25) is 14.7 Å². The summed E-state index contributed by atoms with van der Waals surface area (Å²) < 4.78 is 0. The summed E-state index contributed by atoms with van der Waals surface area (Å²) in [6.07, 6.45) is 5.10. The van der Waals surface area contributed by atoms with Crippen LogP contribution in [0.2, 0.25) is 0 Å². The summed E-state index contributed by atoms with van der Waals surface area (Å²) in [7, 11) is 0. The van der Waals surface area contributed by atoms with Crippen LogP contribution in [0, 0.1) is 0 Å². The molecule has 1 atom stereocenters. The highest BCUT2D eigenvalue weighted by atomic mass is 16.3. The van der Waals surface area contributed by atoms with E-state index in [0.717, 1.165) is 37.9 Å². The van der Waals surface area contributed by atoms with Crippen molar-refractivity contribution in [3.05, 3.63) is 30.1 Å². The van der Waals surface area contributed by atoms with E-state index in [-0.39, 0.29) is 12.0 Å². The average Bonchev–Trinajstić information content (AvgIpc) is 2.45. The van der Waals surface area contributed by atoms with E-state index in [2.05, 4.69) is 10.3 Å². The van der Waals surface area contributed by atoms with Crippen LogP contribution in [0.1, 0.15) is 25.0 Å². The smallest absolute Gasteiger partial charge is 0.234 e. The van der Waals surface area contributed by atoms with E-state index in [1.54, 1.807) is 6.20 Å². The van der Waals surface area contributed by atoms with Gasteiger partial charge in [0.1, 0.15) is 0 Å². The molecule has 2 heterocycles. The van der Waals surface area contributed by atoms with Gasteiger partial charge >= 0.3 is 0 Å². The summed E-state index contributed by atoms with van der Waals surface area (Å²) in [4.78, 5) is 18.0. The highest BCUT2D eigenvalue weighted by molar-refractivity contribution is 5.77. The Kier molecular flexibility index (Phi) is 5.95. The maximum Gasteiger partial charge on any atom is 0.234 e. The highest BCUT2D eigenvalue weighted by Crippen LogP contribution is 2.08. The zero-order valence-corrected chi connectivity index (χ0v) is 11.8. The molecule has 1 saturated heterocycles.